The quantitative estimate of drug-likeness (QED) is 0.396. The van der Waals surface area contributed by atoms with Crippen LogP contribution in [0.15, 0.2) is 70.3 Å². The molecular weight excluding hydrogens is 408 g/mol. The van der Waals surface area contributed by atoms with E-state index in [1.54, 1.807) is 12.1 Å². The van der Waals surface area contributed by atoms with Gasteiger partial charge in [0.1, 0.15) is 0 Å². The Labute approximate surface area is 186 Å². The van der Waals surface area contributed by atoms with Gasteiger partial charge in [0.15, 0.2) is 23.2 Å². The van der Waals surface area contributed by atoms with Gasteiger partial charge in [-0.2, -0.15) is 0 Å². The number of rotatable bonds is 6. The van der Waals surface area contributed by atoms with Crippen LogP contribution in [0.2, 0.25) is 0 Å². The number of carbonyl (C=O) groups excluding carboxylic acids is 1. The Morgan fingerprint density at radius 1 is 0.969 bits per heavy atom. The van der Waals surface area contributed by atoms with Crippen molar-refractivity contribution in [2.45, 2.75) is 19.9 Å². The van der Waals surface area contributed by atoms with E-state index in [0.717, 1.165) is 35.7 Å². The molecule has 0 unspecified atom stereocenters. The molecule has 1 aliphatic rings. The molecule has 0 bridgehead atoms. The Hall–Kier alpha value is -3.94. The topological polar surface area (TPSA) is 97.1 Å². The van der Waals surface area contributed by atoms with Gasteiger partial charge in [-0.3, -0.25) is 4.79 Å². The van der Waals surface area contributed by atoms with E-state index in [9.17, 15) is 4.79 Å². The van der Waals surface area contributed by atoms with Crippen molar-refractivity contribution in [2.75, 3.05) is 30.4 Å². The Balaban J connectivity index is 1.38. The summed E-state index contributed by atoms with van der Waals surface area (Å²) in [4.78, 5) is 16.7. The molecule has 1 aromatic heterocycles. The van der Waals surface area contributed by atoms with Gasteiger partial charge in [-0.25, -0.2) is 4.99 Å². The first-order chi connectivity index (χ1) is 15.7. The molecule has 0 aliphatic carbocycles. The van der Waals surface area contributed by atoms with Crippen LogP contribution >= 0.6 is 0 Å². The summed E-state index contributed by atoms with van der Waals surface area (Å²) < 4.78 is 16.6. The highest BCUT2D eigenvalue weighted by molar-refractivity contribution is 6.02. The van der Waals surface area contributed by atoms with Gasteiger partial charge in [0.25, 0.3) is 5.91 Å². The van der Waals surface area contributed by atoms with Crippen LogP contribution in [-0.4, -0.2) is 31.6 Å². The van der Waals surface area contributed by atoms with Crippen LogP contribution in [0, 0.1) is 0 Å². The van der Waals surface area contributed by atoms with Gasteiger partial charge in [-0.1, -0.05) is 12.1 Å². The van der Waals surface area contributed by atoms with E-state index in [1.165, 1.54) is 6.26 Å². The van der Waals surface area contributed by atoms with Crippen molar-refractivity contribution >= 4 is 23.2 Å². The second-order valence-corrected chi connectivity index (χ2v) is 7.16. The van der Waals surface area contributed by atoms with E-state index in [2.05, 4.69) is 20.9 Å². The molecule has 4 rings (SSSR count). The molecule has 0 radical (unpaired) electrons. The minimum atomic E-state index is -0.283. The largest absolute Gasteiger partial charge is 0.490 e. The molecule has 2 aromatic carbocycles. The number of hydrogen-bond donors (Lipinski definition) is 3. The molecule has 1 amide bonds. The molecule has 3 N–H and O–H groups in total. The number of ether oxygens (including phenoxy) is 2. The van der Waals surface area contributed by atoms with Crippen molar-refractivity contribution in [3.8, 4) is 11.5 Å². The standard InChI is InChI=1S/C24H26N4O4/c1-2-25-24(28-19-10-11-20-22(15-19)32-14-4-13-30-20)26-16-17-6-8-18(9-7-17)27-23(29)21-5-3-12-31-21/h3,5-12,15H,2,4,13-14,16H2,1H3,(H,27,29)(H2,25,26,28). The van der Waals surface area contributed by atoms with Crippen molar-refractivity contribution in [2.24, 2.45) is 4.99 Å². The molecule has 0 fully saturated rings. The molecule has 0 spiro atoms. The van der Waals surface area contributed by atoms with Crippen LogP contribution in [0.5, 0.6) is 11.5 Å². The molecule has 8 nitrogen and oxygen atoms in total. The lowest BCUT2D eigenvalue weighted by atomic mass is 10.2. The monoisotopic (exact) mass is 434 g/mol. The Bertz CT molecular complexity index is 1060. The number of furan rings is 1. The van der Waals surface area contributed by atoms with Gasteiger partial charge in [0.2, 0.25) is 0 Å². The third-order valence-corrected chi connectivity index (χ3v) is 4.73. The number of aliphatic imine (C=N–C) groups is 1. The Morgan fingerprint density at radius 3 is 2.50 bits per heavy atom. The highest BCUT2D eigenvalue weighted by Crippen LogP contribution is 2.32. The van der Waals surface area contributed by atoms with Crippen molar-refractivity contribution < 1.29 is 18.7 Å². The maximum absolute atomic E-state index is 12.1. The molecule has 2 heterocycles. The van der Waals surface area contributed by atoms with Crippen LogP contribution in [0.1, 0.15) is 29.5 Å². The van der Waals surface area contributed by atoms with E-state index < -0.39 is 0 Å². The normalized spacial score (nSPS) is 13.2. The third-order valence-electron chi connectivity index (χ3n) is 4.73. The summed E-state index contributed by atoms with van der Waals surface area (Å²) in [6.45, 7) is 4.53. The van der Waals surface area contributed by atoms with Gasteiger partial charge < -0.3 is 29.8 Å². The number of nitrogens with zero attached hydrogens (tertiary/aromatic N) is 1. The fraction of sp³-hybridized carbons (Fsp3) is 0.250. The number of nitrogens with one attached hydrogen (secondary N) is 3. The van der Waals surface area contributed by atoms with E-state index in [0.29, 0.717) is 31.4 Å². The summed E-state index contributed by atoms with van der Waals surface area (Å²) in [7, 11) is 0. The first-order valence-corrected chi connectivity index (χ1v) is 10.6. The molecule has 8 heteroatoms. The SMILES string of the molecule is CCNC(=NCc1ccc(NC(=O)c2ccco2)cc1)Nc1ccc2c(c1)OCCCO2. The highest BCUT2D eigenvalue weighted by Gasteiger charge is 2.12. The number of carbonyl (C=O) groups is 1. The highest BCUT2D eigenvalue weighted by atomic mass is 16.5. The van der Waals surface area contributed by atoms with Gasteiger partial charge in [-0.05, 0) is 48.9 Å². The number of anilines is 2. The van der Waals surface area contributed by atoms with Crippen LogP contribution in [-0.2, 0) is 6.54 Å². The van der Waals surface area contributed by atoms with Gasteiger partial charge in [0, 0.05) is 30.4 Å². The lowest BCUT2D eigenvalue weighted by Crippen LogP contribution is -2.30. The Kier molecular flexibility index (Phi) is 6.91. The summed E-state index contributed by atoms with van der Waals surface area (Å²) in [5, 5.41) is 9.36. The number of amides is 1. The minimum absolute atomic E-state index is 0.273. The summed E-state index contributed by atoms with van der Waals surface area (Å²) in [5.41, 5.74) is 2.57. The predicted octanol–water partition coefficient (Wildman–Crippen LogP) is 4.27. The molecule has 0 atom stereocenters. The maximum Gasteiger partial charge on any atom is 0.291 e. The van der Waals surface area contributed by atoms with Crippen LogP contribution in [0.25, 0.3) is 0 Å². The van der Waals surface area contributed by atoms with Gasteiger partial charge >= 0.3 is 0 Å². The van der Waals surface area contributed by atoms with Crippen molar-refractivity contribution in [1.82, 2.24) is 5.32 Å². The Morgan fingerprint density at radius 2 is 1.75 bits per heavy atom. The maximum atomic E-state index is 12.1. The van der Waals surface area contributed by atoms with Crippen LogP contribution < -0.4 is 25.4 Å². The molecule has 3 aromatic rings. The molecule has 0 saturated heterocycles. The number of guanidine groups is 1. The van der Waals surface area contributed by atoms with E-state index in [4.69, 9.17) is 13.9 Å². The van der Waals surface area contributed by atoms with E-state index in [1.807, 2.05) is 49.4 Å². The second-order valence-electron chi connectivity index (χ2n) is 7.16. The molecular formula is C24H26N4O4. The fourth-order valence-corrected chi connectivity index (χ4v) is 3.15. The number of hydrogen-bond acceptors (Lipinski definition) is 5. The van der Waals surface area contributed by atoms with Crippen molar-refractivity contribution in [3.63, 3.8) is 0 Å². The number of benzene rings is 2. The molecule has 166 valence electrons. The molecule has 32 heavy (non-hydrogen) atoms. The zero-order chi connectivity index (χ0) is 22.2. The van der Waals surface area contributed by atoms with Gasteiger partial charge in [0.05, 0.1) is 26.0 Å². The van der Waals surface area contributed by atoms with Gasteiger partial charge in [-0.15, -0.1) is 0 Å². The summed E-state index contributed by atoms with van der Waals surface area (Å²) in [5.74, 6) is 2.14. The second kappa shape index (κ2) is 10.4. The average Bonchev–Trinajstić information content (AvgIpc) is 3.25. The molecule has 1 aliphatic heterocycles. The summed E-state index contributed by atoms with van der Waals surface area (Å²) >= 11 is 0. The minimum Gasteiger partial charge on any atom is -0.490 e. The van der Waals surface area contributed by atoms with Crippen molar-refractivity contribution in [3.05, 3.63) is 72.2 Å². The van der Waals surface area contributed by atoms with E-state index in [-0.39, 0.29) is 11.7 Å². The average molecular weight is 434 g/mol. The summed E-state index contributed by atoms with van der Waals surface area (Å²) in [6, 6.07) is 16.6. The predicted molar refractivity (Wildman–Crippen MR) is 124 cm³/mol. The first kappa shape index (κ1) is 21.3. The van der Waals surface area contributed by atoms with E-state index >= 15 is 0 Å². The zero-order valence-electron chi connectivity index (χ0n) is 17.9. The number of fused-ring (bicyclic) bond motifs is 1. The molecule has 0 saturated carbocycles. The van der Waals surface area contributed by atoms with Crippen LogP contribution in [0.3, 0.4) is 0 Å². The van der Waals surface area contributed by atoms with Crippen molar-refractivity contribution in [1.29, 1.82) is 0 Å². The lowest BCUT2D eigenvalue weighted by molar-refractivity contribution is 0.0996. The first-order valence-electron chi connectivity index (χ1n) is 10.6. The van der Waals surface area contributed by atoms with Crippen LogP contribution in [0.4, 0.5) is 11.4 Å². The fourth-order valence-electron chi connectivity index (χ4n) is 3.15. The smallest absolute Gasteiger partial charge is 0.291 e. The summed E-state index contributed by atoms with van der Waals surface area (Å²) in [6.07, 6.45) is 2.34. The lowest BCUT2D eigenvalue weighted by Gasteiger charge is -2.14. The third kappa shape index (κ3) is 5.60. The zero-order valence-corrected chi connectivity index (χ0v) is 17.9.